The smallest absolute Gasteiger partial charge is 0.261 e. The van der Waals surface area contributed by atoms with Crippen molar-refractivity contribution in [2.45, 2.75) is 9.79 Å². The molecule has 8 heteroatoms. The third-order valence-corrected chi connectivity index (χ3v) is 6.32. The van der Waals surface area contributed by atoms with Crippen LogP contribution in [0.2, 0.25) is 5.02 Å². The lowest BCUT2D eigenvalue weighted by Crippen LogP contribution is -2.14. The Bertz CT molecular complexity index is 1090. The topological polar surface area (TPSA) is 75.3 Å². The fraction of sp³-hybridized carbons (Fsp3) is 0.0500. The molecule has 0 aromatic heterocycles. The number of amides is 1. The van der Waals surface area contributed by atoms with Gasteiger partial charge in [0.25, 0.3) is 15.9 Å². The molecule has 3 aromatic rings. The Kier molecular flexibility index (Phi) is 6.28. The number of hydrogen-bond donors (Lipinski definition) is 2. The van der Waals surface area contributed by atoms with Gasteiger partial charge in [-0.25, -0.2) is 8.42 Å². The minimum absolute atomic E-state index is 0.0942. The molecule has 0 spiro atoms. The average Bonchev–Trinajstić information content (AvgIpc) is 2.69. The number of nitrogens with one attached hydrogen (secondary N) is 2. The summed E-state index contributed by atoms with van der Waals surface area (Å²) < 4.78 is 27.4. The second-order valence-corrected chi connectivity index (χ2v) is 8.77. The monoisotopic (exact) mass is 432 g/mol. The molecule has 0 heterocycles. The number of anilines is 2. The van der Waals surface area contributed by atoms with E-state index < -0.39 is 10.0 Å². The number of sulfonamides is 1. The second kappa shape index (κ2) is 8.68. The number of hydrogen-bond acceptors (Lipinski definition) is 4. The number of benzene rings is 3. The average molecular weight is 433 g/mol. The second-order valence-electron chi connectivity index (χ2n) is 5.80. The molecule has 28 heavy (non-hydrogen) atoms. The predicted octanol–water partition coefficient (Wildman–Crippen LogP) is 5.12. The van der Waals surface area contributed by atoms with Gasteiger partial charge >= 0.3 is 0 Å². The normalized spacial score (nSPS) is 11.1. The molecule has 144 valence electrons. The van der Waals surface area contributed by atoms with Gasteiger partial charge in [-0.3, -0.25) is 9.52 Å². The maximum absolute atomic E-state index is 12.5. The number of rotatable bonds is 6. The Morgan fingerprint density at radius 3 is 2.25 bits per heavy atom. The van der Waals surface area contributed by atoms with Gasteiger partial charge in [-0.1, -0.05) is 29.8 Å². The van der Waals surface area contributed by atoms with E-state index in [1.807, 2.05) is 12.3 Å². The summed E-state index contributed by atoms with van der Waals surface area (Å²) in [6, 6.07) is 19.8. The Balaban J connectivity index is 1.75. The molecule has 0 radical (unpaired) electrons. The van der Waals surface area contributed by atoms with Crippen molar-refractivity contribution in [2.75, 3.05) is 16.3 Å². The minimum atomic E-state index is -3.71. The molecule has 0 saturated carbocycles. The first-order valence-corrected chi connectivity index (χ1v) is 11.3. The Labute approximate surface area is 173 Å². The summed E-state index contributed by atoms with van der Waals surface area (Å²) in [6.07, 6.45) is 1.91. The maximum atomic E-state index is 12.5. The van der Waals surface area contributed by atoms with Gasteiger partial charge in [0.1, 0.15) is 0 Å². The van der Waals surface area contributed by atoms with E-state index >= 15 is 0 Å². The first-order valence-electron chi connectivity index (χ1n) is 8.22. The molecule has 0 atom stereocenters. The molecule has 5 nitrogen and oxygen atoms in total. The van der Waals surface area contributed by atoms with Crippen molar-refractivity contribution >= 4 is 50.7 Å². The van der Waals surface area contributed by atoms with Gasteiger partial charge in [-0.15, -0.1) is 11.8 Å². The van der Waals surface area contributed by atoms with Crippen molar-refractivity contribution in [3.05, 3.63) is 83.4 Å². The number of thioether (sulfide) groups is 1. The van der Waals surface area contributed by atoms with Crippen LogP contribution in [-0.4, -0.2) is 20.6 Å². The van der Waals surface area contributed by atoms with Crippen LogP contribution in [0.25, 0.3) is 0 Å². The lowest BCUT2D eigenvalue weighted by Gasteiger charge is -2.10. The van der Waals surface area contributed by atoms with E-state index in [1.54, 1.807) is 42.5 Å². The van der Waals surface area contributed by atoms with Crippen molar-refractivity contribution in [1.82, 2.24) is 0 Å². The SMILES string of the molecule is CSc1ccc(Cl)c(C(=O)Nc2ccc(S(=O)(=O)Nc3ccccc3)cc2)c1. The van der Waals surface area contributed by atoms with Crippen LogP contribution < -0.4 is 10.0 Å². The summed E-state index contributed by atoms with van der Waals surface area (Å²) in [5.74, 6) is -0.362. The van der Waals surface area contributed by atoms with Gasteiger partial charge in [0.15, 0.2) is 0 Å². The molecule has 0 fully saturated rings. The predicted molar refractivity (Wildman–Crippen MR) is 115 cm³/mol. The molecule has 0 bridgehead atoms. The van der Waals surface area contributed by atoms with Gasteiger partial charge in [0.05, 0.1) is 15.5 Å². The molecule has 3 rings (SSSR count). The van der Waals surface area contributed by atoms with Crippen LogP contribution in [0.4, 0.5) is 11.4 Å². The highest BCUT2D eigenvalue weighted by Crippen LogP contribution is 2.24. The van der Waals surface area contributed by atoms with E-state index in [1.165, 1.54) is 36.0 Å². The number of halogens is 1. The molecule has 1 amide bonds. The van der Waals surface area contributed by atoms with E-state index in [0.29, 0.717) is 22.0 Å². The van der Waals surface area contributed by atoms with Crippen LogP contribution in [0.3, 0.4) is 0 Å². The molecular formula is C20H17ClN2O3S2. The highest BCUT2D eigenvalue weighted by Gasteiger charge is 2.15. The van der Waals surface area contributed by atoms with E-state index in [4.69, 9.17) is 11.6 Å². The third kappa shape index (κ3) is 4.86. The van der Waals surface area contributed by atoms with Gasteiger partial charge in [0, 0.05) is 16.3 Å². The lowest BCUT2D eigenvalue weighted by atomic mass is 10.2. The van der Waals surface area contributed by atoms with Gasteiger partial charge in [-0.05, 0) is 60.9 Å². The molecule has 0 aliphatic rings. The Hall–Kier alpha value is -2.48. The van der Waals surface area contributed by atoms with Crippen LogP contribution in [0.1, 0.15) is 10.4 Å². The molecule has 0 unspecified atom stereocenters. The van der Waals surface area contributed by atoms with Crippen LogP contribution in [0.15, 0.2) is 82.6 Å². The van der Waals surface area contributed by atoms with Gasteiger partial charge in [-0.2, -0.15) is 0 Å². The van der Waals surface area contributed by atoms with E-state index in [-0.39, 0.29) is 10.8 Å². The zero-order valence-corrected chi connectivity index (χ0v) is 17.2. The van der Waals surface area contributed by atoms with Crippen molar-refractivity contribution in [3.63, 3.8) is 0 Å². The summed E-state index contributed by atoms with van der Waals surface area (Å²) in [6.45, 7) is 0. The Morgan fingerprint density at radius 2 is 1.61 bits per heavy atom. The summed E-state index contributed by atoms with van der Waals surface area (Å²) in [5.41, 5.74) is 1.30. The highest BCUT2D eigenvalue weighted by atomic mass is 35.5. The molecule has 3 aromatic carbocycles. The van der Waals surface area contributed by atoms with Gasteiger partial charge < -0.3 is 5.32 Å². The molecule has 0 aliphatic carbocycles. The third-order valence-electron chi connectivity index (χ3n) is 3.87. The number of carbonyl (C=O) groups excluding carboxylic acids is 1. The first kappa shape index (κ1) is 20.3. The maximum Gasteiger partial charge on any atom is 0.261 e. The molecule has 0 saturated heterocycles. The zero-order valence-electron chi connectivity index (χ0n) is 14.8. The van der Waals surface area contributed by atoms with Crippen LogP contribution in [0, 0.1) is 0 Å². The van der Waals surface area contributed by atoms with Crippen molar-refractivity contribution in [2.24, 2.45) is 0 Å². The largest absolute Gasteiger partial charge is 0.322 e. The number of carbonyl (C=O) groups is 1. The number of para-hydroxylation sites is 1. The summed E-state index contributed by atoms with van der Waals surface area (Å²) >= 11 is 7.63. The van der Waals surface area contributed by atoms with Gasteiger partial charge in [0.2, 0.25) is 0 Å². The van der Waals surface area contributed by atoms with Crippen molar-refractivity contribution in [3.8, 4) is 0 Å². The van der Waals surface area contributed by atoms with Crippen LogP contribution in [0.5, 0.6) is 0 Å². The molecule has 2 N–H and O–H groups in total. The lowest BCUT2D eigenvalue weighted by molar-refractivity contribution is 0.102. The van der Waals surface area contributed by atoms with Crippen LogP contribution >= 0.6 is 23.4 Å². The highest BCUT2D eigenvalue weighted by molar-refractivity contribution is 7.98. The molecule has 0 aliphatic heterocycles. The fourth-order valence-electron chi connectivity index (χ4n) is 2.44. The summed E-state index contributed by atoms with van der Waals surface area (Å²) in [4.78, 5) is 13.5. The van der Waals surface area contributed by atoms with E-state index in [0.717, 1.165) is 4.90 Å². The fourth-order valence-corrected chi connectivity index (χ4v) is 4.14. The quantitative estimate of drug-likeness (QED) is 0.530. The minimum Gasteiger partial charge on any atom is -0.322 e. The standard InChI is InChI=1S/C20H17ClN2O3S2/c1-27-16-9-12-19(21)18(13-16)20(24)22-14-7-10-17(11-8-14)28(25,26)23-15-5-3-2-4-6-15/h2-13,23H,1H3,(H,22,24). The van der Waals surface area contributed by atoms with Crippen molar-refractivity contribution < 1.29 is 13.2 Å². The first-order chi connectivity index (χ1) is 13.4. The Morgan fingerprint density at radius 1 is 0.929 bits per heavy atom. The van der Waals surface area contributed by atoms with E-state index in [9.17, 15) is 13.2 Å². The van der Waals surface area contributed by atoms with Crippen LogP contribution in [-0.2, 0) is 10.0 Å². The zero-order chi connectivity index (χ0) is 20.1. The summed E-state index contributed by atoms with van der Waals surface area (Å²) in [7, 11) is -3.71. The van der Waals surface area contributed by atoms with E-state index in [2.05, 4.69) is 10.0 Å². The molecular weight excluding hydrogens is 416 g/mol. The summed E-state index contributed by atoms with van der Waals surface area (Å²) in [5, 5.41) is 3.08. The van der Waals surface area contributed by atoms with Crippen molar-refractivity contribution in [1.29, 1.82) is 0 Å².